The molecule has 0 bridgehead atoms. The Morgan fingerprint density at radius 2 is 2.26 bits per heavy atom. The Morgan fingerprint density at radius 3 is 2.95 bits per heavy atom. The molecule has 19 heavy (non-hydrogen) atoms. The number of rotatable bonds is 3. The first-order valence-corrected chi connectivity index (χ1v) is 7.02. The van der Waals surface area contributed by atoms with Crippen molar-refractivity contribution in [2.24, 2.45) is 0 Å². The van der Waals surface area contributed by atoms with Crippen LogP contribution in [0.2, 0.25) is 0 Å². The molecule has 1 atom stereocenters. The topological polar surface area (TPSA) is 63.7 Å². The maximum atomic E-state index is 8.75. The predicted octanol–water partition coefficient (Wildman–Crippen LogP) is 1.96. The first-order valence-electron chi connectivity index (χ1n) is 5.97. The molecule has 0 amide bonds. The fraction of sp³-hybridized carbons (Fsp3) is 0.308. The van der Waals surface area contributed by atoms with Gasteiger partial charge in [-0.25, -0.2) is 4.68 Å². The second-order valence-corrected chi connectivity index (χ2v) is 5.39. The Hall–Kier alpha value is -1.84. The van der Waals surface area contributed by atoms with E-state index in [0.717, 1.165) is 23.6 Å². The van der Waals surface area contributed by atoms with Crippen LogP contribution in [-0.2, 0) is 11.3 Å². The normalized spacial score (nSPS) is 18.4. The molecular formula is C13H12N4OS. The summed E-state index contributed by atoms with van der Waals surface area (Å²) in [4.78, 5) is 0. The lowest BCUT2D eigenvalue weighted by atomic mass is 10.1. The third-order valence-electron chi connectivity index (χ3n) is 2.85. The Labute approximate surface area is 115 Å². The SMILES string of the molecule is N#Cc1ccc(Cn2cc(C3OCCS3)nn2)cc1. The van der Waals surface area contributed by atoms with Crippen LogP contribution in [0.25, 0.3) is 0 Å². The zero-order valence-electron chi connectivity index (χ0n) is 10.2. The van der Waals surface area contributed by atoms with Crippen molar-refractivity contribution >= 4 is 11.8 Å². The minimum Gasteiger partial charge on any atom is -0.360 e. The van der Waals surface area contributed by atoms with Gasteiger partial charge in [-0.2, -0.15) is 5.26 Å². The van der Waals surface area contributed by atoms with Crippen LogP contribution in [0.1, 0.15) is 22.3 Å². The average molecular weight is 272 g/mol. The van der Waals surface area contributed by atoms with Crippen molar-refractivity contribution in [3.8, 4) is 6.07 Å². The van der Waals surface area contributed by atoms with Crippen LogP contribution < -0.4 is 0 Å². The maximum absolute atomic E-state index is 8.75. The van der Waals surface area contributed by atoms with Gasteiger partial charge in [-0.15, -0.1) is 16.9 Å². The van der Waals surface area contributed by atoms with Gasteiger partial charge in [-0.05, 0) is 17.7 Å². The number of hydrogen-bond acceptors (Lipinski definition) is 5. The number of ether oxygens (including phenoxy) is 1. The van der Waals surface area contributed by atoms with Gasteiger partial charge in [-0.3, -0.25) is 0 Å². The zero-order valence-corrected chi connectivity index (χ0v) is 11.0. The van der Waals surface area contributed by atoms with Gasteiger partial charge < -0.3 is 4.74 Å². The van der Waals surface area contributed by atoms with E-state index < -0.39 is 0 Å². The molecular weight excluding hydrogens is 260 g/mol. The van der Waals surface area contributed by atoms with Crippen LogP contribution in [-0.4, -0.2) is 27.4 Å². The van der Waals surface area contributed by atoms with E-state index in [2.05, 4.69) is 16.4 Å². The van der Waals surface area contributed by atoms with E-state index in [-0.39, 0.29) is 5.44 Å². The first-order chi connectivity index (χ1) is 9.35. The molecule has 2 heterocycles. The van der Waals surface area contributed by atoms with Gasteiger partial charge in [0.15, 0.2) is 0 Å². The molecule has 5 nitrogen and oxygen atoms in total. The van der Waals surface area contributed by atoms with E-state index >= 15 is 0 Å². The third kappa shape index (κ3) is 2.78. The molecule has 1 aliphatic heterocycles. The summed E-state index contributed by atoms with van der Waals surface area (Å²) < 4.78 is 7.33. The van der Waals surface area contributed by atoms with Crippen molar-refractivity contribution < 1.29 is 4.74 Å². The number of nitriles is 1. The van der Waals surface area contributed by atoms with E-state index in [9.17, 15) is 0 Å². The number of thioether (sulfide) groups is 1. The monoisotopic (exact) mass is 272 g/mol. The van der Waals surface area contributed by atoms with E-state index in [0.29, 0.717) is 12.1 Å². The molecule has 1 fully saturated rings. The highest BCUT2D eigenvalue weighted by atomic mass is 32.2. The molecule has 0 saturated carbocycles. The van der Waals surface area contributed by atoms with Gasteiger partial charge >= 0.3 is 0 Å². The summed E-state index contributed by atoms with van der Waals surface area (Å²) in [5, 5.41) is 17.0. The summed E-state index contributed by atoms with van der Waals surface area (Å²) in [5.74, 6) is 1.01. The van der Waals surface area contributed by atoms with Crippen molar-refractivity contribution in [3.63, 3.8) is 0 Å². The van der Waals surface area contributed by atoms with Crippen molar-refractivity contribution in [1.82, 2.24) is 15.0 Å². The molecule has 3 rings (SSSR count). The van der Waals surface area contributed by atoms with Crippen molar-refractivity contribution in [2.75, 3.05) is 12.4 Å². The number of nitrogens with zero attached hydrogens (tertiary/aromatic N) is 4. The second-order valence-electron chi connectivity index (χ2n) is 4.22. The summed E-state index contributed by atoms with van der Waals surface area (Å²) >= 11 is 1.75. The van der Waals surface area contributed by atoms with Crippen molar-refractivity contribution in [2.45, 2.75) is 12.0 Å². The van der Waals surface area contributed by atoms with Crippen LogP contribution in [0, 0.1) is 11.3 Å². The number of aromatic nitrogens is 3. The largest absolute Gasteiger partial charge is 0.360 e. The fourth-order valence-electron chi connectivity index (χ4n) is 1.90. The first kappa shape index (κ1) is 12.2. The van der Waals surface area contributed by atoms with E-state index in [1.807, 2.05) is 30.5 Å². The molecule has 96 valence electrons. The van der Waals surface area contributed by atoms with Gasteiger partial charge in [0.25, 0.3) is 0 Å². The molecule has 0 spiro atoms. The summed E-state index contributed by atoms with van der Waals surface area (Å²) in [6.45, 7) is 1.42. The van der Waals surface area contributed by atoms with Crippen LogP contribution in [0.5, 0.6) is 0 Å². The van der Waals surface area contributed by atoms with Crippen molar-refractivity contribution in [3.05, 3.63) is 47.3 Å². The molecule has 0 N–H and O–H groups in total. The van der Waals surface area contributed by atoms with Gasteiger partial charge in [-0.1, -0.05) is 17.3 Å². The minimum absolute atomic E-state index is 0.0229. The number of benzene rings is 1. The molecule has 0 aliphatic carbocycles. The van der Waals surface area contributed by atoms with Crippen LogP contribution in [0.4, 0.5) is 0 Å². The lowest BCUT2D eigenvalue weighted by Gasteiger charge is -2.02. The average Bonchev–Trinajstić information content (AvgIpc) is 3.10. The van der Waals surface area contributed by atoms with Gasteiger partial charge in [0.2, 0.25) is 0 Å². The lowest BCUT2D eigenvalue weighted by molar-refractivity contribution is 0.142. The fourth-order valence-corrected chi connectivity index (χ4v) is 2.78. The highest BCUT2D eigenvalue weighted by molar-refractivity contribution is 7.99. The molecule has 1 aromatic carbocycles. The molecule has 6 heteroatoms. The van der Waals surface area contributed by atoms with Crippen LogP contribution >= 0.6 is 11.8 Å². The molecule has 0 radical (unpaired) electrons. The van der Waals surface area contributed by atoms with Gasteiger partial charge in [0.05, 0.1) is 31.0 Å². The van der Waals surface area contributed by atoms with Crippen LogP contribution in [0.3, 0.4) is 0 Å². The molecule has 2 aromatic rings. The third-order valence-corrected chi connectivity index (χ3v) is 3.93. The zero-order chi connectivity index (χ0) is 13.1. The highest BCUT2D eigenvalue weighted by Crippen LogP contribution is 2.33. The maximum Gasteiger partial charge on any atom is 0.148 e. The van der Waals surface area contributed by atoms with E-state index in [1.54, 1.807) is 16.4 Å². The van der Waals surface area contributed by atoms with E-state index in [4.69, 9.17) is 10.00 Å². The Kier molecular flexibility index (Phi) is 3.49. The smallest absolute Gasteiger partial charge is 0.148 e. The summed E-state index contributed by atoms with van der Waals surface area (Å²) in [6, 6.07) is 9.59. The Balaban J connectivity index is 1.70. The summed E-state index contributed by atoms with van der Waals surface area (Å²) in [6.07, 6.45) is 1.92. The van der Waals surface area contributed by atoms with Crippen molar-refractivity contribution in [1.29, 1.82) is 5.26 Å². The lowest BCUT2D eigenvalue weighted by Crippen LogP contribution is -2.00. The molecule has 1 aromatic heterocycles. The second kappa shape index (κ2) is 5.43. The summed E-state index contributed by atoms with van der Waals surface area (Å²) in [5.41, 5.74) is 2.65. The quantitative estimate of drug-likeness (QED) is 0.854. The Morgan fingerprint density at radius 1 is 1.42 bits per heavy atom. The molecule has 1 saturated heterocycles. The molecule has 1 aliphatic rings. The highest BCUT2D eigenvalue weighted by Gasteiger charge is 2.21. The minimum atomic E-state index is 0.0229. The van der Waals surface area contributed by atoms with Gasteiger partial charge in [0.1, 0.15) is 11.1 Å². The summed E-state index contributed by atoms with van der Waals surface area (Å²) in [7, 11) is 0. The van der Waals surface area contributed by atoms with E-state index in [1.165, 1.54) is 0 Å². The standard InChI is InChI=1S/C13H12N4OS/c14-7-10-1-3-11(4-2-10)8-17-9-12(15-16-17)13-18-5-6-19-13/h1-4,9,13H,5-6,8H2. The Bertz CT molecular complexity index is 596. The van der Waals surface area contributed by atoms with Crippen LogP contribution in [0.15, 0.2) is 30.5 Å². The number of hydrogen-bond donors (Lipinski definition) is 0. The predicted molar refractivity (Wildman–Crippen MR) is 71.4 cm³/mol. The molecule has 1 unspecified atom stereocenters. The van der Waals surface area contributed by atoms with Gasteiger partial charge in [0, 0.05) is 5.75 Å².